The van der Waals surface area contributed by atoms with Crippen LogP contribution in [0.3, 0.4) is 0 Å². The molecule has 1 N–H and O–H groups in total. The number of carbonyl (C=O) groups is 2. The van der Waals surface area contributed by atoms with Crippen LogP contribution < -0.4 is 10.1 Å². The topological polar surface area (TPSA) is 71.1 Å². The largest absolute Gasteiger partial charge is 0.491 e. The Morgan fingerprint density at radius 3 is 2.60 bits per heavy atom. The lowest BCUT2D eigenvalue weighted by Gasteiger charge is -2.33. The standard InChI is InChI=1S/C18H27N3O4/c1-20(2)17(22)14-5-4-10-21(13-14)18(23)19-15-6-8-16(9-7-15)25-12-11-24-3/h6-9,14H,4-5,10-13H2,1-3H3,(H,19,23)/t14-/m1/s1. The number of methoxy groups -OCH3 is 1. The highest BCUT2D eigenvalue weighted by atomic mass is 16.5. The third-order valence-electron chi connectivity index (χ3n) is 4.16. The molecule has 2 rings (SSSR count). The zero-order valence-corrected chi connectivity index (χ0v) is 15.2. The number of rotatable bonds is 6. The molecule has 25 heavy (non-hydrogen) atoms. The molecule has 1 aliphatic rings. The van der Waals surface area contributed by atoms with Gasteiger partial charge in [0.05, 0.1) is 12.5 Å². The second-order valence-corrected chi connectivity index (χ2v) is 6.31. The molecule has 1 aliphatic heterocycles. The molecular weight excluding hydrogens is 322 g/mol. The van der Waals surface area contributed by atoms with Crippen molar-refractivity contribution in [2.75, 3.05) is 52.8 Å². The van der Waals surface area contributed by atoms with E-state index >= 15 is 0 Å². The van der Waals surface area contributed by atoms with Gasteiger partial charge in [-0.25, -0.2) is 4.79 Å². The zero-order valence-electron chi connectivity index (χ0n) is 15.2. The first-order chi connectivity index (χ1) is 12.0. The maximum absolute atomic E-state index is 12.4. The fraction of sp³-hybridized carbons (Fsp3) is 0.556. The van der Waals surface area contributed by atoms with Crippen LogP contribution in [0.4, 0.5) is 10.5 Å². The van der Waals surface area contributed by atoms with E-state index in [0.29, 0.717) is 32.0 Å². The Hall–Kier alpha value is -2.28. The van der Waals surface area contributed by atoms with Crippen molar-refractivity contribution in [2.24, 2.45) is 5.92 Å². The van der Waals surface area contributed by atoms with E-state index in [9.17, 15) is 9.59 Å². The lowest BCUT2D eigenvalue weighted by molar-refractivity contribution is -0.134. The fourth-order valence-corrected chi connectivity index (χ4v) is 2.81. The van der Waals surface area contributed by atoms with Crippen molar-refractivity contribution < 1.29 is 19.1 Å². The quantitative estimate of drug-likeness (QED) is 0.798. The van der Waals surface area contributed by atoms with E-state index in [-0.39, 0.29) is 17.9 Å². The molecule has 7 heteroatoms. The molecule has 0 aliphatic carbocycles. The van der Waals surface area contributed by atoms with E-state index in [2.05, 4.69) is 5.32 Å². The van der Waals surface area contributed by atoms with Crippen molar-refractivity contribution >= 4 is 17.6 Å². The number of likely N-dealkylation sites (tertiary alicyclic amines) is 1. The lowest BCUT2D eigenvalue weighted by atomic mass is 9.97. The van der Waals surface area contributed by atoms with E-state index in [1.165, 1.54) is 0 Å². The minimum Gasteiger partial charge on any atom is -0.491 e. The van der Waals surface area contributed by atoms with Crippen LogP contribution in [0.1, 0.15) is 12.8 Å². The highest BCUT2D eigenvalue weighted by Gasteiger charge is 2.29. The van der Waals surface area contributed by atoms with Crippen LogP contribution in [0, 0.1) is 5.92 Å². The number of nitrogens with zero attached hydrogens (tertiary/aromatic N) is 2. The summed E-state index contributed by atoms with van der Waals surface area (Å²) in [5, 5.41) is 2.88. The van der Waals surface area contributed by atoms with E-state index in [0.717, 1.165) is 18.6 Å². The maximum atomic E-state index is 12.4. The second kappa shape index (κ2) is 9.27. The van der Waals surface area contributed by atoms with Crippen molar-refractivity contribution in [3.63, 3.8) is 0 Å². The molecule has 7 nitrogen and oxygen atoms in total. The van der Waals surface area contributed by atoms with Crippen molar-refractivity contribution in [1.29, 1.82) is 0 Å². The van der Waals surface area contributed by atoms with Crippen LogP contribution in [0.5, 0.6) is 5.75 Å². The van der Waals surface area contributed by atoms with Gasteiger partial charge in [-0.2, -0.15) is 0 Å². The first kappa shape index (κ1) is 19.1. The SMILES string of the molecule is COCCOc1ccc(NC(=O)N2CCC[C@@H](C(=O)N(C)C)C2)cc1. The number of hydrogen-bond donors (Lipinski definition) is 1. The Morgan fingerprint density at radius 2 is 1.96 bits per heavy atom. The summed E-state index contributed by atoms with van der Waals surface area (Å²) in [5.41, 5.74) is 0.699. The second-order valence-electron chi connectivity index (χ2n) is 6.31. The van der Waals surface area contributed by atoms with Crippen LogP contribution in [0.2, 0.25) is 0 Å². The van der Waals surface area contributed by atoms with Gasteiger partial charge in [0.15, 0.2) is 0 Å². The number of ether oxygens (including phenoxy) is 2. The molecule has 1 saturated heterocycles. The molecule has 1 atom stereocenters. The smallest absolute Gasteiger partial charge is 0.321 e. The molecule has 1 heterocycles. The predicted octanol–water partition coefficient (Wildman–Crippen LogP) is 2.04. The van der Waals surface area contributed by atoms with E-state index in [1.807, 2.05) is 0 Å². The number of benzene rings is 1. The number of carbonyl (C=O) groups excluding carboxylic acids is 2. The molecule has 0 aromatic heterocycles. The average Bonchev–Trinajstić information content (AvgIpc) is 2.62. The zero-order chi connectivity index (χ0) is 18.2. The van der Waals surface area contributed by atoms with Crippen molar-refractivity contribution in [2.45, 2.75) is 12.8 Å². The third kappa shape index (κ3) is 5.63. The van der Waals surface area contributed by atoms with E-state index < -0.39 is 0 Å². The van der Waals surface area contributed by atoms with Crippen LogP contribution in [0.15, 0.2) is 24.3 Å². The third-order valence-corrected chi connectivity index (χ3v) is 4.16. The number of nitrogens with one attached hydrogen (secondary N) is 1. The van der Waals surface area contributed by atoms with Gasteiger partial charge in [-0.1, -0.05) is 0 Å². The Morgan fingerprint density at radius 1 is 1.24 bits per heavy atom. The van der Waals surface area contributed by atoms with Crippen molar-refractivity contribution in [3.8, 4) is 5.75 Å². The highest BCUT2D eigenvalue weighted by Crippen LogP contribution is 2.20. The van der Waals surface area contributed by atoms with Gasteiger partial charge in [0, 0.05) is 40.0 Å². The number of amides is 3. The molecule has 1 fully saturated rings. The van der Waals surface area contributed by atoms with Crippen molar-refractivity contribution in [1.82, 2.24) is 9.80 Å². The van der Waals surface area contributed by atoms with Gasteiger partial charge < -0.3 is 24.6 Å². The van der Waals surface area contributed by atoms with Gasteiger partial charge in [0.2, 0.25) is 5.91 Å². The summed E-state index contributed by atoms with van der Waals surface area (Å²) in [4.78, 5) is 27.9. The van der Waals surface area contributed by atoms with Gasteiger partial charge in [-0.3, -0.25) is 4.79 Å². The first-order valence-electron chi connectivity index (χ1n) is 8.50. The van der Waals surface area contributed by atoms with Gasteiger partial charge in [0.1, 0.15) is 12.4 Å². The van der Waals surface area contributed by atoms with Gasteiger partial charge >= 0.3 is 6.03 Å². The molecule has 138 valence electrons. The molecule has 0 saturated carbocycles. The Kier molecular flexibility index (Phi) is 7.06. The van der Waals surface area contributed by atoms with Crippen LogP contribution in [0.25, 0.3) is 0 Å². The number of hydrogen-bond acceptors (Lipinski definition) is 4. The summed E-state index contributed by atoms with van der Waals surface area (Å²) >= 11 is 0. The molecule has 0 radical (unpaired) electrons. The number of anilines is 1. The summed E-state index contributed by atoms with van der Waals surface area (Å²) in [5.74, 6) is 0.686. The van der Waals surface area contributed by atoms with E-state index in [1.54, 1.807) is 55.3 Å². The van der Waals surface area contributed by atoms with E-state index in [4.69, 9.17) is 9.47 Å². The summed E-state index contributed by atoms with van der Waals surface area (Å²) in [6.45, 7) is 2.14. The summed E-state index contributed by atoms with van der Waals surface area (Å²) < 4.78 is 10.4. The molecular formula is C18H27N3O4. The Balaban J connectivity index is 1.87. The van der Waals surface area contributed by atoms with Crippen LogP contribution in [-0.4, -0.2) is 69.2 Å². The van der Waals surface area contributed by atoms with Gasteiger partial charge in [-0.05, 0) is 37.1 Å². The monoisotopic (exact) mass is 349 g/mol. The van der Waals surface area contributed by atoms with Crippen molar-refractivity contribution in [3.05, 3.63) is 24.3 Å². The molecule has 0 unspecified atom stereocenters. The summed E-state index contributed by atoms with van der Waals surface area (Å²) in [6.07, 6.45) is 1.66. The molecule has 3 amide bonds. The predicted molar refractivity (Wildman–Crippen MR) is 95.8 cm³/mol. The lowest BCUT2D eigenvalue weighted by Crippen LogP contribution is -2.46. The highest BCUT2D eigenvalue weighted by molar-refractivity contribution is 5.90. The molecule has 0 spiro atoms. The molecule has 0 bridgehead atoms. The number of piperidine rings is 1. The normalized spacial score (nSPS) is 17.1. The molecule has 1 aromatic rings. The minimum atomic E-state index is -0.177. The number of urea groups is 1. The van der Waals surface area contributed by atoms with Gasteiger partial charge in [-0.15, -0.1) is 0 Å². The average molecular weight is 349 g/mol. The summed E-state index contributed by atoms with van der Waals surface area (Å²) in [7, 11) is 5.12. The van der Waals surface area contributed by atoms with Gasteiger partial charge in [0.25, 0.3) is 0 Å². The maximum Gasteiger partial charge on any atom is 0.321 e. The first-order valence-corrected chi connectivity index (χ1v) is 8.50. The minimum absolute atomic E-state index is 0.0788. The Bertz CT molecular complexity index is 574. The van der Waals surface area contributed by atoms with Crippen LogP contribution >= 0.6 is 0 Å². The van der Waals surface area contributed by atoms with Crippen LogP contribution in [-0.2, 0) is 9.53 Å². The molecule has 1 aromatic carbocycles. The Labute approximate surface area is 148 Å². The fourth-order valence-electron chi connectivity index (χ4n) is 2.81. The summed E-state index contributed by atoms with van der Waals surface area (Å²) in [6, 6.07) is 7.03.